The molecule has 2 aromatic rings. The van der Waals surface area contributed by atoms with Crippen LogP contribution >= 0.6 is 0 Å². The molecule has 1 aromatic heterocycles. The topological polar surface area (TPSA) is 42.4 Å². The molecule has 0 spiro atoms. The molecule has 2 rings (SSSR count). The number of aromatic nitrogens is 1. The maximum absolute atomic E-state index is 9.73. The van der Waals surface area contributed by atoms with Crippen molar-refractivity contribution in [2.45, 2.75) is 40.2 Å². The number of rotatable bonds is 4. The maximum Gasteiger partial charge on any atom is 0.145 e. The lowest BCUT2D eigenvalue weighted by Crippen LogP contribution is -1.99. The van der Waals surface area contributed by atoms with Crippen LogP contribution in [0.2, 0.25) is 0 Å². The van der Waals surface area contributed by atoms with Crippen LogP contribution in [0.1, 0.15) is 41.8 Å². The van der Waals surface area contributed by atoms with Crippen LogP contribution in [0, 0.1) is 20.8 Å². The van der Waals surface area contributed by atoms with E-state index in [-0.39, 0.29) is 0 Å². The summed E-state index contributed by atoms with van der Waals surface area (Å²) in [6.45, 7) is 8.08. The highest BCUT2D eigenvalue weighted by Crippen LogP contribution is 2.30. The Hall–Kier alpha value is -1.87. The van der Waals surface area contributed by atoms with E-state index in [1.165, 1.54) is 5.56 Å². The molecule has 1 aromatic carbocycles. The van der Waals surface area contributed by atoms with Gasteiger partial charge in [0.2, 0.25) is 0 Å². The second kappa shape index (κ2) is 6.06. The molecular formula is C17H21NO2. The van der Waals surface area contributed by atoms with E-state index in [1.54, 1.807) is 6.20 Å². The first kappa shape index (κ1) is 14.5. The zero-order valence-electron chi connectivity index (χ0n) is 12.5. The van der Waals surface area contributed by atoms with E-state index in [0.717, 1.165) is 16.9 Å². The van der Waals surface area contributed by atoms with Crippen LogP contribution in [0.3, 0.4) is 0 Å². The van der Waals surface area contributed by atoms with E-state index in [4.69, 9.17) is 4.74 Å². The minimum absolute atomic E-state index is 0.508. The highest BCUT2D eigenvalue weighted by atomic mass is 16.5. The number of hydrogen-bond donors (Lipinski definition) is 1. The number of aliphatic hydroxyl groups excluding tert-OH is 1. The second-order valence-electron chi connectivity index (χ2n) is 5.10. The van der Waals surface area contributed by atoms with Gasteiger partial charge in [-0.2, -0.15) is 0 Å². The third-order valence-electron chi connectivity index (χ3n) is 3.58. The van der Waals surface area contributed by atoms with Crippen molar-refractivity contribution >= 4 is 0 Å². The molecular weight excluding hydrogens is 250 g/mol. The minimum atomic E-state index is -0.508. The molecule has 0 unspecified atom stereocenters. The van der Waals surface area contributed by atoms with Crippen LogP contribution in [0.5, 0.6) is 11.5 Å². The SMILES string of the molecule is CC[C@H](O)c1ccc(Oc2c(C)ccc(C)c2C)cn1. The van der Waals surface area contributed by atoms with Gasteiger partial charge in [0.1, 0.15) is 11.5 Å². The summed E-state index contributed by atoms with van der Waals surface area (Å²) in [7, 11) is 0. The molecule has 0 aliphatic carbocycles. The first-order valence-electron chi connectivity index (χ1n) is 6.91. The molecule has 20 heavy (non-hydrogen) atoms. The fourth-order valence-corrected chi connectivity index (χ4v) is 2.06. The van der Waals surface area contributed by atoms with Gasteiger partial charge >= 0.3 is 0 Å². The maximum atomic E-state index is 9.73. The number of benzene rings is 1. The third kappa shape index (κ3) is 2.99. The normalized spacial score (nSPS) is 12.2. The molecule has 106 valence electrons. The zero-order chi connectivity index (χ0) is 14.7. The predicted octanol–water partition coefficient (Wildman–Crippen LogP) is 4.24. The second-order valence-corrected chi connectivity index (χ2v) is 5.10. The third-order valence-corrected chi connectivity index (χ3v) is 3.58. The zero-order valence-corrected chi connectivity index (χ0v) is 12.5. The first-order chi connectivity index (χ1) is 9.52. The summed E-state index contributed by atoms with van der Waals surface area (Å²) in [5, 5.41) is 9.73. The molecule has 3 nitrogen and oxygen atoms in total. The van der Waals surface area contributed by atoms with Gasteiger partial charge in [-0.1, -0.05) is 19.1 Å². The van der Waals surface area contributed by atoms with Crippen molar-refractivity contribution in [1.82, 2.24) is 4.98 Å². The predicted molar refractivity (Wildman–Crippen MR) is 80.2 cm³/mol. The van der Waals surface area contributed by atoms with Crippen molar-refractivity contribution in [2.24, 2.45) is 0 Å². The van der Waals surface area contributed by atoms with Crippen LogP contribution in [0.25, 0.3) is 0 Å². The highest BCUT2D eigenvalue weighted by molar-refractivity contribution is 5.46. The molecule has 0 aliphatic heterocycles. The van der Waals surface area contributed by atoms with Gasteiger partial charge < -0.3 is 9.84 Å². The van der Waals surface area contributed by atoms with Gasteiger partial charge in [-0.3, -0.25) is 4.98 Å². The quantitative estimate of drug-likeness (QED) is 0.904. The van der Waals surface area contributed by atoms with Crippen molar-refractivity contribution in [3.8, 4) is 11.5 Å². The van der Waals surface area contributed by atoms with Gasteiger partial charge in [0.25, 0.3) is 0 Å². The molecule has 0 bridgehead atoms. The van der Waals surface area contributed by atoms with E-state index in [0.29, 0.717) is 17.9 Å². The summed E-state index contributed by atoms with van der Waals surface area (Å²) < 4.78 is 5.94. The molecule has 0 amide bonds. The Morgan fingerprint density at radius 3 is 2.40 bits per heavy atom. The van der Waals surface area contributed by atoms with Gasteiger partial charge in [0.15, 0.2) is 0 Å². The molecule has 0 fully saturated rings. The Morgan fingerprint density at radius 1 is 1.10 bits per heavy atom. The number of nitrogens with zero attached hydrogens (tertiary/aromatic N) is 1. The van der Waals surface area contributed by atoms with Crippen molar-refractivity contribution < 1.29 is 9.84 Å². The van der Waals surface area contributed by atoms with E-state index < -0.39 is 6.10 Å². The average Bonchev–Trinajstić information content (AvgIpc) is 2.47. The van der Waals surface area contributed by atoms with Gasteiger partial charge in [-0.15, -0.1) is 0 Å². The average molecular weight is 271 g/mol. The van der Waals surface area contributed by atoms with Crippen LogP contribution in [0.4, 0.5) is 0 Å². The summed E-state index contributed by atoms with van der Waals surface area (Å²) in [5.74, 6) is 1.57. The summed E-state index contributed by atoms with van der Waals surface area (Å²) in [6.07, 6.45) is 1.81. The van der Waals surface area contributed by atoms with Crippen LogP contribution in [0.15, 0.2) is 30.5 Å². The van der Waals surface area contributed by atoms with Crippen molar-refractivity contribution in [2.75, 3.05) is 0 Å². The lowest BCUT2D eigenvalue weighted by Gasteiger charge is -2.14. The van der Waals surface area contributed by atoms with Crippen LogP contribution < -0.4 is 4.74 Å². The molecule has 0 aliphatic rings. The lowest BCUT2D eigenvalue weighted by atomic mass is 10.1. The van der Waals surface area contributed by atoms with E-state index in [2.05, 4.69) is 31.0 Å². The van der Waals surface area contributed by atoms with E-state index in [1.807, 2.05) is 26.0 Å². The highest BCUT2D eigenvalue weighted by Gasteiger charge is 2.10. The number of ether oxygens (including phenoxy) is 1. The Bertz CT molecular complexity index is 591. The Labute approximate surface area is 120 Å². The number of aryl methyl sites for hydroxylation is 2. The van der Waals surface area contributed by atoms with Gasteiger partial charge in [0.05, 0.1) is 18.0 Å². The smallest absolute Gasteiger partial charge is 0.145 e. The van der Waals surface area contributed by atoms with Gasteiger partial charge in [-0.05, 0) is 56.0 Å². The van der Waals surface area contributed by atoms with Crippen molar-refractivity contribution in [3.63, 3.8) is 0 Å². The molecule has 1 heterocycles. The standard InChI is InChI=1S/C17H21NO2/c1-5-16(19)15-9-8-14(10-18-15)20-17-12(3)7-6-11(2)13(17)4/h6-10,16,19H,5H2,1-4H3/t16-/m0/s1. The van der Waals surface area contributed by atoms with Gasteiger partial charge in [0, 0.05) is 0 Å². The molecule has 1 N–H and O–H groups in total. The first-order valence-corrected chi connectivity index (χ1v) is 6.91. The largest absolute Gasteiger partial charge is 0.455 e. The van der Waals surface area contributed by atoms with E-state index in [9.17, 15) is 5.11 Å². The molecule has 0 radical (unpaired) electrons. The molecule has 3 heteroatoms. The Balaban J connectivity index is 2.25. The summed E-state index contributed by atoms with van der Waals surface area (Å²) in [5.41, 5.74) is 4.13. The van der Waals surface area contributed by atoms with Crippen LogP contribution in [-0.4, -0.2) is 10.1 Å². The Kier molecular flexibility index (Phi) is 4.40. The van der Waals surface area contributed by atoms with Crippen molar-refractivity contribution in [1.29, 1.82) is 0 Å². The van der Waals surface area contributed by atoms with Crippen LogP contribution in [-0.2, 0) is 0 Å². The summed E-state index contributed by atoms with van der Waals surface area (Å²) in [4.78, 5) is 4.25. The summed E-state index contributed by atoms with van der Waals surface area (Å²) >= 11 is 0. The number of aliphatic hydroxyl groups is 1. The number of pyridine rings is 1. The van der Waals surface area contributed by atoms with E-state index >= 15 is 0 Å². The fraction of sp³-hybridized carbons (Fsp3) is 0.353. The number of hydrogen-bond acceptors (Lipinski definition) is 3. The monoisotopic (exact) mass is 271 g/mol. The minimum Gasteiger partial charge on any atom is -0.455 e. The lowest BCUT2D eigenvalue weighted by molar-refractivity contribution is 0.169. The molecule has 1 atom stereocenters. The molecule has 0 saturated carbocycles. The van der Waals surface area contributed by atoms with Crippen molar-refractivity contribution in [3.05, 3.63) is 52.8 Å². The fourth-order valence-electron chi connectivity index (χ4n) is 2.06. The Morgan fingerprint density at radius 2 is 1.80 bits per heavy atom. The summed E-state index contributed by atoms with van der Waals surface area (Å²) in [6, 6.07) is 7.81. The van der Waals surface area contributed by atoms with Gasteiger partial charge in [-0.25, -0.2) is 0 Å². The molecule has 0 saturated heterocycles.